The summed E-state index contributed by atoms with van der Waals surface area (Å²) in [4.78, 5) is 14.5. The van der Waals surface area contributed by atoms with E-state index in [0.717, 1.165) is 0 Å². The highest BCUT2D eigenvalue weighted by molar-refractivity contribution is 6.33. The number of benzene rings is 1. The van der Waals surface area contributed by atoms with Crippen molar-refractivity contribution in [1.29, 1.82) is 0 Å². The van der Waals surface area contributed by atoms with E-state index in [4.69, 9.17) is 26.8 Å². The number of carbonyl (C=O) groups is 1. The van der Waals surface area contributed by atoms with Gasteiger partial charge in [-0.05, 0) is 26.8 Å². The number of ether oxygens (including phenoxy) is 2. The van der Waals surface area contributed by atoms with Crippen molar-refractivity contribution in [3.8, 4) is 5.75 Å². The maximum atomic E-state index is 12.8. The second-order valence-electron chi connectivity index (χ2n) is 5.95. The van der Waals surface area contributed by atoms with Crippen molar-refractivity contribution in [2.45, 2.75) is 32.5 Å². The first-order valence-corrected chi connectivity index (χ1v) is 7.21. The molecule has 0 radical (unpaired) electrons. The topological polar surface area (TPSA) is 64.8 Å². The fourth-order valence-corrected chi connectivity index (χ4v) is 2.85. The summed E-state index contributed by atoms with van der Waals surface area (Å²) in [5.41, 5.74) is 6.18. The van der Waals surface area contributed by atoms with Crippen molar-refractivity contribution < 1.29 is 14.3 Å². The number of nitrogen functional groups attached to an aromatic ring is 1. The number of methoxy groups -OCH3 is 1. The van der Waals surface area contributed by atoms with E-state index >= 15 is 0 Å². The van der Waals surface area contributed by atoms with Gasteiger partial charge in [0, 0.05) is 19.2 Å². The molecular weight excluding hydrogens is 327 g/mol. The number of hydrogen-bond acceptors (Lipinski definition) is 4. The van der Waals surface area contributed by atoms with Crippen LogP contribution in [0.25, 0.3) is 0 Å². The third-order valence-corrected chi connectivity index (χ3v) is 3.73. The Labute approximate surface area is 142 Å². The molecule has 0 spiro atoms. The first kappa shape index (κ1) is 18.9. The molecule has 1 aliphatic heterocycles. The highest BCUT2D eigenvalue weighted by Gasteiger charge is 2.35. The van der Waals surface area contributed by atoms with Crippen LogP contribution < -0.4 is 10.5 Å². The van der Waals surface area contributed by atoms with Crippen LogP contribution in [0.4, 0.5) is 5.69 Å². The van der Waals surface area contributed by atoms with Gasteiger partial charge in [-0.15, -0.1) is 12.4 Å². The number of hydrogen-bond donors (Lipinski definition) is 1. The number of anilines is 1. The number of morpholine rings is 1. The van der Waals surface area contributed by atoms with Gasteiger partial charge in [0.25, 0.3) is 5.91 Å². The number of halogens is 2. The van der Waals surface area contributed by atoms with Gasteiger partial charge in [-0.1, -0.05) is 11.6 Å². The van der Waals surface area contributed by atoms with E-state index in [0.29, 0.717) is 35.1 Å². The first-order valence-electron chi connectivity index (χ1n) is 6.83. The van der Waals surface area contributed by atoms with Gasteiger partial charge in [-0.3, -0.25) is 4.79 Å². The van der Waals surface area contributed by atoms with Crippen molar-refractivity contribution in [1.82, 2.24) is 4.90 Å². The van der Waals surface area contributed by atoms with Gasteiger partial charge < -0.3 is 20.1 Å². The van der Waals surface area contributed by atoms with E-state index < -0.39 is 0 Å². The van der Waals surface area contributed by atoms with Crippen molar-refractivity contribution in [2.24, 2.45) is 0 Å². The second kappa shape index (κ2) is 6.94. The third-order valence-electron chi connectivity index (χ3n) is 3.41. The number of carbonyl (C=O) groups excluding carboxylic acids is 1. The fraction of sp³-hybridized carbons (Fsp3) is 0.533. The Morgan fingerprint density at radius 2 is 2.14 bits per heavy atom. The van der Waals surface area contributed by atoms with Crippen LogP contribution in [0.2, 0.25) is 5.02 Å². The van der Waals surface area contributed by atoms with Crippen LogP contribution in [-0.4, -0.2) is 42.7 Å². The zero-order valence-electron chi connectivity index (χ0n) is 13.2. The lowest BCUT2D eigenvalue weighted by molar-refractivity contribution is -0.118. The molecule has 2 N–H and O–H groups in total. The molecule has 7 heteroatoms. The zero-order valence-corrected chi connectivity index (χ0v) is 14.8. The van der Waals surface area contributed by atoms with Crippen molar-refractivity contribution >= 4 is 35.6 Å². The molecule has 1 heterocycles. The molecule has 22 heavy (non-hydrogen) atoms. The van der Waals surface area contributed by atoms with E-state index in [1.54, 1.807) is 17.0 Å². The minimum Gasteiger partial charge on any atom is -0.496 e. The summed E-state index contributed by atoms with van der Waals surface area (Å²) in [5.74, 6) is 0.302. The molecule has 0 bridgehead atoms. The largest absolute Gasteiger partial charge is 0.496 e. The lowest BCUT2D eigenvalue weighted by atomic mass is 10.0. The van der Waals surface area contributed by atoms with Gasteiger partial charge in [0.1, 0.15) is 5.75 Å². The van der Waals surface area contributed by atoms with E-state index in [-0.39, 0.29) is 30.0 Å². The number of rotatable bonds is 2. The standard InChI is InChI=1S/C15H21ClN2O3.ClH/c1-9-7-18(8-15(2,3)21-9)14(19)10-5-11(16)12(17)6-13(10)20-4;/h5-6,9H,7-8,17H2,1-4H3;1H. The fourth-order valence-electron chi connectivity index (χ4n) is 2.68. The Morgan fingerprint density at radius 1 is 1.50 bits per heavy atom. The van der Waals surface area contributed by atoms with Crippen LogP contribution in [0.1, 0.15) is 31.1 Å². The Bertz CT molecular complexity index is 564. The molecule has 0 aromatic heterocycles. The Hall–Kier alpha value is -1.17. The molecule has 1 fully saturated rings. The summed E-state index contributed by atoms with van der Waals surface area (Å²) in [7, 11) is 1.51. The Morgan fingerprint density at radius 3 is 2.68 bits per heavy atom. The summed E-state index contributed by atoms with van der Waals surface area (Å²) in [6.07, 6.45) is -0.0204. The van der Waals surface area contributed by atoms with Gasteiger partial charge in [0.05, 0.1) is 35.1 Å². The van der Waals surface area contributed by atoms with Crippen LogP contribution in [0.3, 0.4) is 0 Å². The van der Waals surface area contributed by atoms with E-state index in [1.165, 1.54) is 7.11 Å². The molecule has 1 saturated heterocycles. The quantitative estimate of drug-likeness (QED) is 0.834. The predicted octanol–water partition coefficient (Wildman–Crippen LogP) is 2.99. The highest BCUT2D eigenvalue weighted by atomic mass is 35.5. The lowest BCUT2D eigenvalue weighted by Gasteiger charge is -2.41. The van der Waals surface area contributed by atoms with Gasteiger partial charge in [-0.2, -0.15) is 0 Å². The molecule has 1 aromatic rings. The molecule has 0 aliphatic carbocycles. The Kier molecular flexibility index (Phi) is 5.96. The SMILES string of the molecule is COc1cc(N)c(Cl)cc1C(=O)N1CC(C)OC(C)(C)C1.Cl. The molecule has 5 nitrogen and oxygen atoms in total. The predicted molar refractivity (Wildman–Crippen MR) is 90.2 cm³/mol. The van der Waals surface area contributed by atoms with Crippen molar-refractivity contribution in [3.05, 3.63) is 22.7 Å². The summed E-state index contributed by atoms with van der Waals surface area (Å²) in [6.45, 7) is 6.94. The molecular formula is C15H22Cl2N2O3. The lowest BCUT2D eigenvalue weighted by Crippen LogP contribution is -2.53. The Balaban J connectivity index is 0.00000242. The van der Waals surface area contributed by atoms with Crippen LogP contribution >= 0.6 is 24.0 Å². The summed E-state index contributed by atoms with van der Waals surface area (Å²) < 4.78 is 11.1. The van der Waals surface area contributed by atoms with Crippen molar-refractivity contribution in [2.75, 3.05) is 25.9 Å². The second-order valence-corrected chi connectivity index (χ2v) is 6.36. The minimum absolute atomic E-state index is 0. The normalized spacial score (nSPS) is 20.2. The summed E-state index contributed by atoms with van der Waals surface area (Å²) in [5, 5.41) is 0.347. The average Bonchev–Trinajstić information content (AvgIpc) is 2.38. The molecule has 1 atom stereocenters. The van der Waals surface area contributed by atoms with Gasteiger partial charge in [0.15, 0.2) is 0 Å². The zero-order chi connectivity index (χ0) is 15.8. The minimum atomic E-state index is -0.377. The molecule has 1 unspecified atom stereocenters. The molecule has 0 saturated carbocycles. The van der Waals surface area contributed by atoms with Gasteiger partial charge in [0.2, 0.25) is 0 Å². The molecule has 2 rings (SSSR count). The summed E-state index contributed by atoms with van der Waals surface area (Å²) >= 11 is 6.03. The number of amides is 1. The molecule has 1 aromatic carbocycles. The molecule has 1 aliphatic rings. The van der Waals surface area contributed by atoms with Crippen LogP contribution in [0.15, 0.2) is 12.1 Å². The van der Waals surface area contributed by atoms with E-state index in [1.807, 2.05) is 20.8 Å². The van der Waals surface area contributed by atoms with Gasteiger partial charge in [-0.25, -0.2) is 0 Å². The van der Waals surface area contributed by atoms with Crippen LogP contribution in [0.5, 0.6) is 5.75 Å². The summed E-state index contributed by atoms with van der Waals surface area (Å²) in [6, 6.07) is 3.13. The average molecular weight is 349 g/mol. The van der Waals surface area contributed by atoms with Crippen LogP contribution in [0, 0.1) is 0 Å². The highest BCUT2D eigenvalue weighted by Crippen LogP contribution is 2.31. The maximum Gasteiger partial charge on any atom is 0.257 e. The van der Waals surface area contributed by atoms with E-state index in [9.17, 15) is 4.79 Å². The van der Waals surface area contributed by atoms with Gasteiger partial charge >= 0.3 is 0 Å². The smallest absolute Gasteiger partial charge is 0.257 e. The molecule has 1 amide bonds. The monoisotopic (exact) mass is 348 g/mol. The van der Waals surface area contributed by atoms with Crippen LogP contribution in [-0.2, 0) is 4.74 Å². The first-order chi connectivity index (χ1) is 9.73. The number of nitrogens with zero attached hydrogens (tertiary/aromatic N) is 1. The van der Waals surface area contributed by atoms with E-state index in [2.05, 4.69) is 0 Å². The molecule has 124 valence electrons. The van der Waals surface area contributed by atoms with Crippen molar-refractivity contribution in [3.63, 3.8) is 0 Å². The maximum absolute atomic E-state index is 12.8. The number of nitrogens with two attached hydrogens (primary N) is 1. The third kappa shape index (κ3) is 3.97.